The number of rotatable bonds is 5. The standard InChI is InChI=1S/C16H26N4O2/c1-13-14(18-12-17-13)10-19-7-3-5-16(11-19)6-4-15(21)20(16)8-9-22-2/h12H,3-11H2,1-2H3,(H,17,18). The number of likely N-dealkylation sites (tertiary alicyclic amines) is 2. The number of imidazole rings is 1. The van der Waals surface area contributed by atoms with Gasteiger partial charge in [0.1, 0.15) is 0 Å². The van der Waals surface area contributed by atoms with Gasteiger partial charge in [-0.3, -0.25) is 9.69 Å². The van der Waals surface area contributed by atoms with Gasteiger partial charge in [0.25, 0.3) is 0 Å². The van der Waals surface area contributed by atoms with Crippen molar-refractivity contribution in [3.05, 3.63) is 17.7 Å². The van der Waals surface area contributed by atoms with E-state index in [4.69, 9.17) is 4.74 Å². The number of aromatic amines is 1. The van der Waals surface area contributed by atoms with Crippen LogP contribution in [0.2, 0.25) is 0 Å². The zero-order valence-corrected chi connectivity index (χ0v) is 13.6. The van der Waals surface area contributed by atoms with Crippen LogP contribution in [0.4, 0.5) is 0 Å². The number of methoxy groups -OCH3 is 1. The van der Waals surface area contributed by atoms with Crippen LogP contribution in [0.5, 0.6) is 0 Å². The minimum absolute atomic E-state index is 0.0120. The van der Waals surface area contributed by atoms with Crippen molar-refractivity contribution in [2.75, 3.05) is 33.4 Å². The van der Waals surface area contributed by atoms with Gasteiger partial charge in [-0.05, 0) is 32.7 Å². The third-order valence-corrected chi connectivity index (χ3v) is 5.14. The van der Waals surface area contributed by atoms with Crippen molar-refractivity contribution in [3.8, 4) is 0 Å². The topological polar surface area (TPSA) is 61.5 Å². The van der Waals surface area contributed by atoms with E-state index in [1.54, 1.807) is 13.4 Å². The molecule has 2 aliphatic rings. The molecular formula is C16H26N4O2. The van der Waals surface area contributed by atoms with Crippen LogP contribution in [0.3, 0.4) is 0 Å². The molecule has 3 rings (SSSR count). The average molecular weight is 306 g/mol. The van der Waals surface area contributed by atoms with Crippen molar-refractivity contribution < 1.29 is 9.53 Å². The van der Waals surface area contributed by atoms with E-state index < -0.39 is 0 Å². The number of aromatic nitrogens is 2. The summed E-state index contributed by atoms with van der Waals surface area (Å²) in [6.45, 7) is 6.29. The fourth-order valence-corrected chi connectivity index (χ4v) is 3.94. The Hall–Kier alpha value is -1.40. The summed E-state index contributed by atoms with van der Waals surface area (Å²) in [7, 11) is 1.70. The zero-order chi connectivity index (χ0) is 15.6. The Kier molecular flexibility index (Phi) is 4.49. The van der Waals surface area contributed by atoms with Crippen LogP contribution in [0.25, 0.3) is 0 Å². The predicted octanol–water partition coefficient (Wildman–Crippen LogP) is 1.32. The maximum Gasteiger partial charge on any atom is 0.223 e. The highest BCUT2D eigenvalue weighted by Crippen LogP contribution is 2.38. The molecule has 3 heterocycles. The fourth-order valence-electron chi connectivity index (χ4n) is 3.94. The molecule has 2 saturated heterocycles. The highest BCUT2D eigenvalue weighted by Gasteiger charge is 2.47. The number of hydrogen-bond donors (Lipinski definition) is 1. The number of piperidine rings is 1. The number of aryl methyl sites for hydroxylation is 1. The van der Waals surface area contributed by atoms with Crippen LogP contribution in [-0.2, 0) is 16.1 Å². The summed E-state index contributed by atoms with van der Waals surface area (Å²) in [5, 5.41) is 0. The van der Waals surface area contributed by atoms with E-state index in [0.29, 0.717) is 19.6 Å². The molecule has 0 aliphatic carbocycles. The van der Waals surface area contributed by atoms with Crippen molar-refractivity contribution in [2.45, 2.75) is 44.7 Å². The number of carbonyl (C=O) groups excluding carboxylic acids is 1. The van der Waals surface area contributed by atoms with E-state index in [9.17, 15) is 4.79 Å². The lowest BCUT2D eigenvalue weighted by atomic mass is 9.86. The summed E-state index contributed by atoms with van der Waals surface area (Å²) in [4.78, 5) is 24.4. The van der Waals surface area contributed by atoms with Gasteiger partial charge in [0, 0.05) is 38.9 Å². The van der Waals surface area contributed by atoms with Crippen LogP contribution in [0, 0.1) is 6.92 Å². The lowest BCUT2D eigenvalue weighted by Gasteiger charge is -2.45. The number of ether oxygens (including phenoxy) is 1. The molecule has 22 heavy (non-hydrogen) atoms. The summed E-state index contributed by atoms with van der Waals surface area (Å²) >= 11 is 0. The number of amides is 1. The number of H-pyrrole nitrogens is 1. The summed E-state index contributed by atoms with van der Waals surface area (Å²) in [5.74, 6) is 0.287. The summed E-state index contributed by atoms with van der Waals surface area (Å²) < 4.78 is 5.19. The normalized spacial score (nSPS) is 26.3. The van der Waals surface area contributed by atoms with Crippen LogP contribution in [0.15, 0.2) is 6.33 Å². The van der Waals surface area contributed by atoms with Crippen LogP contribution in [0.1, 0.15) is 37.1 Å². The molecule has 2 fully saturated rings. The molecule has 1 atom stereocenters. The number of nitrogens with one attached hydrogen (secondary N) is 1. The van der Waals surface area contributed by atoms with Crippen molar-refractivity contribution in [3.63, 3.8) is 0 Å². The van der Waals surface area contributed by atoms with Gasteiger partial charge < -0.3 is 14.6 Å². The third-order valence-electron chi connectivity index (χ3n) is 5.14. The second-order valence-corrected chi connectivity index (χ2v) is 6.55. The molecule has 1 amide bonds. The molecule has 1 unspecified atom stereocenters. The number of carbonyl (C=O) groups is 1. The molecule has 0 bridgehead atoms. The SMILES string of the molecule is COCCN1C(=O)CCC12CCCN(Cc1nc[nH]c1C)C2. The number of nitrogens with zero attached hydrogens (tertiary/aromatic N) is 3. The van der Waals surface area contributed by atoms with Gasteiger partial charge in [-0.15, -0.1) is 0 Å². The zero-order valence-electron chi connectivity index (χ0n) is 13.6. The van der Waals surface area contributed by atoms with Crippen LogP contribution in [-0.4, -0.2) is 64.6 Å². The smallest absolute Gasteiger partial charge is 0.223 e. The molecule has 122 valence electrons. The maximum atomic E-state index is 12.3. The molecule has 1 spiro atoms. The first kappa shape index (κ1) is 15.5. The average Bonchev–Trinajstić information content (AvgIpc) is 3.03. The maximum absolute atomic E-state index is 12.3. The van der Waals surface area contributed by atoms with E-state index in [-0.39, 0.29) is 11.4 Å². The second-order valence-electron chi connectivity index (χ2n) is 6.55. The Morgan fingerprint density at radius 2 is 2.32 bits per heavy atom. The molecule has 1 aromatic heterocycles. The van der Waals surface area contributed by atoms with E-state index in [1.165, 1.54) is 0 Å². The molecule has 6 nitrogen and oxygen atoms in total. The molecule has 0 radical (unpaired) electrons. The van der Waals surface area contributed by atoms with Crippen molar-refractivity contribution in [1.82, 2.24) is 19.8 Å². The van der Waals surface area contributed by atoms with Gasteiger partial charge >= 0.3 is 0 Å². The lowest BCUT2D eigenvalue weighted by molar-refractivity contribution is -0.133. The minimum atomic E-state index is 0.0120. The highest BCUT2D eigenvalue weighted by atomic mass is 16.5. The Morgan fingerprint density at radius 3 is 3.05 bits per heavy atom. The Labute approximate surface area is 131 Å². The lowest BCUT2D eigenvalue weighted by Crippen LogP contribution is -2.57. The van der Waals surface area contributed by atoms with E-state index in [0.717, 1.165) is 50.3 Å². The molecule has 0 aromatic carbocycles. The first-order valence-corrected chi connectivity index (χ1v) is 8.15. The molecule has 1 N–H and O–H groups in total. The Morgan fingerprint density at radius 1 is 1.45 bits per heavy atom. The number of hydrogen-bond acceptors (Lipinski definition) is 4. The van der Waals surface area contributed by atoms with Gasteiger partial charge in [-0.2, -0.15) is 0 Å². The van der Waals surface area contributed by atoms with Crippen molar-refractivity contribution >= 4 is 5.91 Å². The molecule has 6 heteroatoms. The summed E-state index contributed by atoms with van der Waals surface area (Å²) in [5.41, 5.74) is 2.26. The Bertz CT molecular complexity index is 530. The first-order valence-electron chi connectivity index (χ1n) is 8.15. The van der Waals surface area contributed by atoms with Gasteiger partial charge in [-0.25, -0.2) is 4.98 Å². The molecule has 2 aliphatic heterocycles. The molecule has 1 aromatic rings. The van der Waals surface area contributed by atoms with Gasteiger partial charge in [-0.1, -0.05) is 0 Å². The first-order chi connectivity index (χ1) is 10.6. The van der Waals surface area contributed by atoms with Gasteiger partial charge in [0.2, 0.25) is 5.91 Å². The largest absolute Gasteiger partial charge is 0.383 e. The molecule has 0 saturated carbocycles. The molecular weight excluding hydrogens is 280 g/mol. The third kappa shape index (κ3) is 2.90. The monoisotopic (exact) mass is 306 g/mol. The predicted molar refractivity (Wildman–Crippen MR) is 83.4 cm³/mol. The fraction of sp³-hybridized carbons (Fsp3) is 0.750. The highest BCUT2D eigenvalue weighted by molar-refractivity contribution is 5.79. The second kappa shape index (κ2) is 6.38. The van der Waals surface area contributed by atoms with Gasteiger partial charge in [0.15, 0.2) is 0 Å². The Balaban J connectivity index is 1.70. The van der Waals surface area contributed by atoms with E-state index >= 15 is 0 Å². The van der Waals surface area contributed by atoms with Crippen LogP contribution >= 0.6 is 0 Å². The summed E-state index contributed by atoms with van der Waals surface area (Å²) in [6.07, 6.45) is 5.66. The summed E-state index contributed by atoms with van der Waals surface area (Å²) in [6, 6.07) is 0. The van der Waals surface area contributed by atoms with Gasteiger partial charge in [0.05, 0.1) is 24.2 Å². The van der Waals surface area contributed by atoms with Crippen LogP contribution < -0.4 is 0 Å². The quantitative estimate of drug-likeness (QED) is 0.891. The van der Waals surface area contributed by atoms with Crippen molar-refractivity contribution in [1.29, 1.82) is 0 Å². The van der Waals surface area contributed by atoms with E-state index in [1.807, 2.05) is 0 Å². The van der Waals surface area contributed by atoms with E-state index in [2.05, 4.69) is 26.7 Å². The van der Waals surface area contributed by atoms with Crippen molar-refractivity contribution in [2.24, 2.45) is 0 Å². The minimum Gasteiger partial charge on any atom is -0.383 e.